The Labute approximate surface area is 108 Å². The lowest BCUT2D eigenvalue weighted by atomic mass is 10.1. The molecule has 0 saturated heterocycles. The Bertz CT molecular complexity index is 404. The molecule has 0 unspecified atom stereocenters. The van der Waals surface area contributed by atoms with Gasteiger partial charge < -0.3 is 15.7 Å². The molecule has 0 aliphatic carbocycles. The number of thiocarbonyl (C=S) groups is 1. The van der Waals surface area contributed by atoms with Crippen LogP contribution in [0.2, 0.25) is 0 Å². The van der Waals surface area contributed by atoms with Crippen molar-refractivity contribution in [3.8, 4) is 0 Å². The minimum absolute atomic E-state index is 0.114. The predicted molar refractivity (Wildman–Crippen MR) is 76.6 cm³/mol. The topological polar surface area (TPSA) is 49.5 Å². The molecule has 0 aliphatic rings. The monoisotopic (exact) mass is 252 g/mol. The molecule has 0 aliphatic heterocycles. The maximum absolute atomic E-state index is 9.16. The zero-order valence-electron chi connectivity index (χ0n) is 10.6. The van der Waals surface area contributed by atoms with E-state index in [1.165, 1.54) is 0 Å². The summed E-state index contributed by atoms with van der Waals surface area (Å²) in [7, 11) is 0. The second-order valence-corrected chi connectivity index (χ2v) is 4.79. The van der Waals surface area contributed by atoms with Gasteiger partial charge in [0.1, 0.15) is 4.99 Å². The summed E-state index contributed by atoms with van der Waals surface area (Å²) in [6.45, 7) is 6.90. The molecule has 0 amide bonds. The normalized spacial score (nSPS) is 10.6. The quantitative estimate of drug-likeness (QED) is 0.785. The first-order chi connectivity index (χ1) is 7.99. The number of rotatable bonds is 5. The van der Waals surface area contributed by atoms with Crippen LogP contribution in [0.4, 0.5) is 5.69 Å². The minimum Gasteiger partial charge on any atom is -0.395 e. The summed E-state index contributed by atoms with van der Waals surface area (Å²) in [6.07, 6.45) is 0. The van der Waals surface area contributed by atoms with Crippen LogP contribution in [0.3, 0.4) is 0 Å². The lowest BCUT2D eigenvalue weighted by Gasteiger charge is -2.31. The van der Waals surface area contributed by atoms with Crippen molar-refractivity contribution in [1.82, 2.24) is 0 Å². The van der Waals surface area contributed by atoms with Crippen LogP contribution in [0, 0.1) is 6.92 Å². The van der Waals surface area contributed by atoms with E-state index in [2.05, 4.69) is 18.7 Å². The number of aliphatic hydroxyl groups is 1. The molecule has 17 heavy (non-hydrogen) atoms. The molecule has 0 spiro atoms. The Balaban J connectivity index is 3.29. The van der Waals surface area contributed by atoms with E-state index in [-0.39, 0.29) is 12.6 Å². The van der Waals surface area contributed by atoms with Crippen LogP contribution in [-0.2, 0) is 0 Å². The molecule has 0 saturated carbocycles. The van der Waals surface area contributed by atoms with Crippen LogP contribution in [0.1, 0.15) is 25.0 Å². The van der Waals surface area contributed by atoms with Crippen molar-refractivity contribution >= 4 is 22.9 Å². The molecule has 4 heteroatoms. The van der Waals surface area contributed by atoms with Gasteiger partial charge >= 0.3 is 0 Å². The molecule has 0 bridgehead atoms. The number of hydrogen-bond donors (Lipinski definition) is 2. The first kappa shape index (κ1) is 13.9. The Morgan fingerprint density at radius 2 is 2.12 bits per heavy atom. The van der Waals surface area contributed by atoms with E-state index >= 15 is 0 Å². The third-order valence-electron chi connectivity index (χ3n) is 2.75. The molecule has 0 fully saturated rings. The molecule has 3 N–H and O–H groups in total. The zero-order chi connectivity index (χ0) is 13.0. The largest absolute Gasteiger partial charge is 0.395 e. The van der Waals surface area contributed by atoms with Crippen molar-refractivity contribution in [3.05, 3.63) is 29.3 Å². The fourth-order valence-corrected chi connectivity index (χ4v) is 2.14. The smallest absolute Gasteiger partial charge is 0.106 e. The lowest BCUT2D eigenvalue weighted by Crippen LogP contribution is -2.35. The van der Waals surface area contributed by atoms with E-state index in [1.807, 2.05) is 25.1 Å². The van der Waals surface area contributed by atoms with Gasteiger partial charge in [-0.15, -0.1) is 0 Å². The summed E-state index contributed by atoms with van der Waals surface area (Å²) in [5.74, 6) is 0. The van der Waals surface area contributed by atoms with Gasteiger partial charge in [0.05, 0.1) is 12.3 Å². The van der Waals surface area contributed by atoms with Crippen molar-refractivity contribution < 1.29 is 5.11 Å². The first-order valence-electron chi connectivity index (χ1n) is 5.76. The summed E-state index contributed by atoms with van der Waals surface area (Å²) in [6, 6.07) is 6.20. The minimum atomic E-state index is 0.114. The standard InChI is InChI=1S/C13H20N2OS/c1-9(2)15(7-8-16)12-10(3)5-4-6-11(12)13(14)17/h4-6,9,16H,7-8H2,1-3H3,(H2,14,17). The molecule has 0 heterocycles. The third-order valence-corrected chi connectivity index (χ3v) is 2.97. The molecule has 0 radical (unpaired) electrons. The SMILES string of the molecule is Cc1cccc(C(N)=S)c1N(CCO)C(C)C. The first-order valence-corrected chi connectivity index (χ1v) is 6.16. The molecule has 0 atom stereocenters. The highest BCUT2D eigenvalue weighted by atomic mass is 32.1. The average molecular weight is 252 g/mol. The summed E-state index contributed by atoms with van der Waals surface area (Å²) < 4.78 is 0. The summed E-state index contributed by atoms with van der Waals surface area (Å²) in [5.41, 5.74) is 8.79. The van der Waals surface area contributed by atoms with Crippen LogP contribution in [0.15, 0.2) is 18.2 Å². The highest BCUT2D eigenvalue weighted by molar-refractivity contribution is 7.80. The maximum Gasteiger partial charge on any atom is 0.106 e. The van der Waals surface area contributed by atoms with E-state index in [1.54, 1.807) is 0 Å². The molecule has 0 aromatic heterocycles. The second-order valence-electron chi connectivity index (χ2n) is 4.35. The predicted octanol–water partition coefficient (Wildman–Crippen LogP) is 1.84. The summed E-state index contributed by atoms with van der Waals surface area (Å²) in [4.78, 5) is 2.52. The molecular formula is C13H20N2OS. The van der Waals surface area contributed by atoms with E-state index in [9.17, 15) is 0 Å². The number of benzene rings is 1. The van der Waals surface area contributed by atoms with Crippen LogP contribution in [-0.4, -0.2) is 29.3 Å². The van der Waals surface area contributed by atoms with Gasteiger partial charge in [0.15, 0.2) is 0 Å². The Morgan fingerprint density at radius 1 is 1.47 bits per heavy atom. The van der Waals surface area contributed by atoms with Crippen molar-refractivity contribution in [3.63, 3.8) is 0 Å². The van der Waals surface area contributed by atoms with Gasteiger partial charge in [0, 0.05) is 18.2 Å². The Morgan fingerprint density at radius 3 is 2.59 bits per heavy atom. The van der Waals surface area contributed by atoms with Crippen molar-refractivity contribution in [2.24, 2.45) is 5.73 Å². The van der Waals surface area contributed by atoms with Crippen molar-refractivity contribution in [2.45, 2.75) is 26.8 Å². The van der Waals surface area contributed by atoms with Crippen molar-refractivity contribution in [2.75, 3.05) is 18.1 Å². The van der Waals surface area contributed by atoms with Crippen LogP contribution in [0.5, 0.6) is 0 Å². The number of hydrogen-bond acceptors (Lipinski definition) is 3. The number of anilines is 1. The van der Waals surface area contributed by atoms with E-state index in [4.69, 9.17) is 23.1 Å². The van der Waals surface area contributed by atoms with Crippen LogP contribution in [0.25, 0.3) is 0 Å². The molecular weight excluding hydrogens is 232 g/mol. The Hall–Kier alpha value is -1.13. The number of nitrogens with two attached hydrogens (primary N) is 1. The number of nitrogens with zero attached hydrogens (tertiary/aromatic N) is 1. The fraction of sp³-hybridized carbons (Fsp3) is 0.462. The van der Waals surface area contributed by atoms with Crippen LogP contribution >= 0.6 is 12.2 Å². The number of aryl methyl sites for hydroxylation is 1. The lowest BCUT2D eigenvalue weighted by molar-refractivity contribution is 0.299. The van der Waals surface area contributed by atoms with E-state index < -0.39 is 0 Å². The van der Waals surface area contributed by atoms with E-state index in [0.29, 0.717) is 11.5 Å². The van der Waals surface area contributed by atoms with Gasteiger partial charge in [-0.2, -0.15) is 0 Å². The van der Waals surface area contributed by atoms with Gasteiger partial charge in [0.2, 0.25) is 0 Å². The average Bonchev–Trinajstić information content (AvgIpc) is 2.25. The van der Waals surface area contributed by atoms with Gasteiger partial charge in [-0.3, -0.25) is 0 Å². The Kier molecular flexibility index (Phi) is 4.90. The molecule has 1 aromatic carbocycles. The third kappa shape index (κ3) is 3.17. The number of aliphatic hydroxyl groups excluding tert-OH is 1. The summed E-state index contributed by atoms with van der Waals surface area (Å²) in [5, 5.41) is 9.16. The van der Waals surface area contributed by atoms with Crippen molar-refractivity contribution in [1.29, 1.82) is 0 Å². The highest BCUT2D eigenvalue weighted by Gasteiger charge is 2.17. The van der Waals surface area contributed by atoms with Gasteiger partial charge in [0.25, 0.3) is 0 Å². The molecule has 1 rings (SSSR count). The molecule has 3 nitrogen and oxygen atoms in total. The maximum atomic E-state index is 9.16. The number of para-hydroxylation sites is 1. The molecule has 1 aromatic rings. The second kappa shape index (κ2) is 5.98. The van der Waals surface area contributed by atoms with Crippen LogP contribution < -0.4 is 10.6 Å². The fourth-order valence-electron chi connectivity index (χ4n) is 1.97. The molecule has 94 valence electrons. The summed E-state index contributed by atoms with van der Waals surface area (Å²) >= 11 is 5.09. The van der Waals surface area contributed by atoms with Gasteiger partial charge in [-0.1, -0.05) is 24.4 Å². The van der Waals surface area contributed by atoms with Gasteiger partial charge in [-0.25, -0.2) is 0 Å². The zero-order valence-corrected chi connectivity index (χ0v) is 11.4. The highest BCUT2D eigenvalue weighted by Crippen LogP contribution is 2.26. The van der Waals surface area contributed by atoms with E-state index in [0.717, 1.165) is 16.8 Å². The van der Waals surface area contributed by atoms with Gasteiger partial charge in [-0.05, 0) is 32.4 Å².